The number of para-hydroxylation sites is 2. The SMILES string of the molecule is C[Si](C)(C)c1ccc(N(c2ccc3c(c2)oc2ncccc23)c2cc3c(c4ccccc24)-c2c(cc(N(c4ccccc4)c4ccc([Si](C)(C)C)cc4)c4oc5ccccc5c24)C3(c2ccccc2)c2ccccc2)cc1. The molecule has 0 aliphatic heterocycles. The van der Waals surface area contributed by atoms with Crippen molar-refractivity contribution in [3.8, 4) is 11.1 Å². The Morgan fingerprint density at radius 1 is 0.377 bits per heavy atom. The van der Waals surface area contributed by atoms with Gasteiger partial charge in [-0.2, -0.15) is 0 Å². The van der Waals surface area contributed by atoms with Crippen molar-refractivity contribution in [3.05, 3.63) is 259 Å². The predicted octanol–water partition coefficient (Wildman–Crippen LogP) is 18.4. The molecule has 77 heavy (non-hydrogen) atoms. The molecule has 0 N–H and O–H groups in total. The second-order valence-electron chi connectivity index (χ2n) is 22.7. The molecule has 3 aromatic heterocycles. The van der Waals surface area contributed by atoms with Crippen LogP contribution in [-0.2, 0) is 5.41 Å². The smallest absolute Gasteiger partial charge is 0.227 e. The van der Waals surface area contributed by atoms with Crippen molar-refractivity contribution in [1.29, 1.82) is 0 Å². The molecule has 13 aromatic rings. The highest BCUT2D eigenvalue weighted by Gasteiger charge is 2.49. The van der Waals surface area contributed by atoms with Gasteiger partial charge < -0.3 is 18.6 Å². The van der Waals surface area contributed by atoms with E-state index < -0.39 is 21.6 Å². The van der Waals surface area contributed by atoms with Crippen LogP contribution in [0.1, 0.15) is 22.3 Å². The highest BCUT2D eigenvalue weighted by molar-refractivity contribution is 6.89. The zero-order chi connectivity index (χ0) is 52.2. The van der Waals surface area contributed by atoms with Gasteiger partial charge in [0, 0.05) is 61.9 Å². The number of pyridine rings is 1. The van der Waals surface area contributed by atoms with E-state index in [4.69, 9.17) is 8.83 Å². The Morgan fingerprint density at radius 2 is 0.870 bits per heavy atom. The van der Waals surface area contributed by atoms with Crippen molar-refractivity contribution >= 4 is 115 Å². The summed E-state index contributed by atoms with van der Waals surface area (Å²) in [5.74, 6) is 0. The molecule has 10 aromatic carbocycles. The van der Waals surface area contributed by atoms with Gasteiger partial charge >= 0.3 is 0 Å². The fraction of sp³-hybridized carbons (Fsp3) is 0.100. The molecule has 0 atom stereocenters. The Labute approximate surface area is 451 Å². The first-order valence-electron chi connectivity index (χ1n) is 26.8. The summed E-state index contributed by atoms with van der Waals surface area (Å²) in [6.07, 6.45) is 1.80. The summed E-state index contributed by atoms with van der Waals surface area (Å²) >= 11 is 0. The zero-order valence-corrected chi connectivity index (χ0v) is 46.2. The van der Waals surface area contributed by atoms with Crippen LogP contribution in [-0.4, -0.2) is 21.1 Å². The van der Waals surface area contributed by atoms with Crippen LogP contribution < -0.4 is 20.2 Å². The van der Waals surface area contributed by atoms with E-state index in [9.17, 15) is 0 Å². The average Bonchev–Trinajstić information content (AvgIpc) is 4.30. The summed E-state index contributed by atoms with van der Waals surface area (Å²) in [6.45, 7) is 14.5. The Hall–Kier alpha value is -8.76. The molecule has 0 radical (unpaired) electrons. The lowest BCUT2D eigenvalue weighted by Crippen LogP contribution is -2.37. The van der Waals surface area contributed by atoms with E-state index >= 15 is 0 Å². The minimum Gasteiger partial charge on any atom is -0.454 e. The maximum atomic E-state index is 7.33. The van der Waals surface area contributed by atoms with E-state index in [2.05, 4.69) is 279 Å². The van der Waals surface area contributed by atoms with Gasteiger partial charge in [0.2, 0.25) is 5.71 Å². The first kappa shape index (κ1) is 46.8. The molecule has 0 unspecified atom stereocenters. The lowest BCUT2D eigenvalue weighted by molar-refractivity contribution is 0.654. The number of benzene rings is 10. The molecule has 1 aliphatic carbocycles. The number of furan rings is 2. The fourth-order valence-electron chi connectivity index (χ4n) is 12.4. The summed E-state index contributed by atoms with van der Waals surface area (Å²) in [7, 11) is -3.26. The molecular formula is C70H57N3O2Si2. The van der Waals surface area contributed by atoms with Crippen molar-refractivity contribution in [3.63, 3.8) is 0 Å². The molecule has 1 aliphatic rings. The second-order valence-corrected chi connectivity index (χ2v) is 32.9. The normalized spacial score (nSPS) is 13.2. The summed E-state index contributed by atoms with van der Waals surface area (Å²) in [6, 6.07) is 85.2. The highest BCUT2D eigenvalue weighted by atomic mass is 28.3. The van der Waals surface area contributed by atoms with Crippen LogP contribution in [0.25, 0.3) is 65.9 Å². The van der Waals surface area contributed by atoms with Crippen LogP contribution in [0.5, 0.6) is 0 Å². The van der Waals surface area contributed by atoms with E-state index in [1.807, 2.05) is 6.07 Å². The van der Waals surface area contributed by atoms with Gasteiger partial charge in [-0.15, -0.1) is 0 Å². The van der Waals surface area contributed by atoms with Crippen molar-refractivity contribution in [2.45, 2.75) is 44.7 Å². The number of anilines is 6. The van der Waals surface area contributed by atoms with E-state index in [1.54, 1.807) is 6.20 Å². The van der Waals surface area contributed by atoms with E-state index in [1.165, 1.54) is 43.8 Å². The first-order valence-corrected chi connectivity index (χ1v) is 33.8. The Morgan fingerprint density at radius 3 is 1.49 bits per heavy atom. The summed E-state index contributed by atoms with van der Waals surface area (Å²) in [5.41, 5.74) is 15.7. The zero-order valence-electron chi connectivity index (χ0n) is 44.2. The topological polar surface area (TPSA) is 45.7 Å². The Kier molecular flexibility index (Phi) is 10.7. The Bertz CT molecular complexity index is 4360. The van der Waals surface area contributed by atoms with Gasteiger partial charge in [0.05, 0.1) is 32.9 Å². The van der Waals surface area contributed by atoms with Gasteiger partial charge in [-0.25, -0.2) is 4.98 Å². The fourth-order valence-corrected chi connectivity index (χ4v) is 14.7. The standard InChI is InChI=1S/C70H57N3O2Si2/c1-76(2,3)52-37-32-49(33-38-52)72(48-25-14-9-15-26-48)62-45-60-67(66-58-29-18-19-31-63(58)74-68(62)66)65-56-28-17-16-27-54(56)61(44-59(65)70(60,46-21-10-7-11-22-46)47-23-12-8-13-24-47)73(50-34-39-53(40-35-50)77(4,5)6)51-36-41-55-57-30-20-42-71-69(57)75-64(55)43-51/h7-45H,1-6H3. The number of hydrogen-bond donors (Lipinski definition) is 0. The largest absolute Gasteiger partial charge is 0.454 e. The van der Waals surface area contributed by atoms with Crippen LogP contribution in [0, 0.1) is 0 Å². The van der Waals surface area contributed by atoms with Gasteiger partial charge in [-0.3, -0.25) is 0 Å². The Balaban J connectivity index is 1.14. The third kappa shape index (κ3) is 7.36. The number of fused-ring (bicyclic) bond motifs is 12. The summed E-state index contributed by atoms with van der Waals surface area (Å²) in [4.78, 5) is 9.50. The molecular weight excluding hydrogens is 971 g/mol. The molecule has 0 fully saturated rings. The van der Waals surface area contributed by atoms with E-state index in [-0.39, 0.29) is 0 Å². The molecule has 0 saturated carbocycles. The number of nitrogens with zero attached hydrogens (tertiary/aromatic N) is 3. The van der Waals surface area contributed by atoms with Gasteiger partial charge in [0.15, 0.2) is 5.58 Å². The monoisotopic (exact) mass is 1030 g/mol. The van der Waals surface area contributed by atoms with Crippen LogP contribution >= 0.6 is 0 Å². The van der Waals surface area contributed by atoms with Crippen LogP contribution in [0.2, 0.25) is 39.3 Å². The maximum Gasteiger partial charge on any atom is 0.227 e. The molecule has 0 spiro atoms. The van der Waals surface area contributed by atoms with Crippen molar-refractivity contribution in [2.24, 2.45) is 0 Å². The van der Waals surface area contributed by atoms with Gasteiger partial charge in [0.25, 0.3) is 0 Å². The van der Waals surface area contributed by atoms with Gasteiger partial charge in [0.1, 0.15) is 11.2 Å². The van der Waals surface area contributed by atoms with E-state index in [0.717, 1.165) is 83.2 Å². The van der Waals surface area contributed by atoms with Gasteiger partial charge in [-0.1, -0.05) is 195 Å². The van der Waals surface area contributed by atoms with Crippen molar-refractivity contribution < 1.29 is 8.83 Å². The molecule has 0 saturated heterocycles. The number of hydrogen-bond acceptors (Lipinski definition) is 5. The molecule has 0 bridgehead atoms. The third-order valence-electron chi connectivity index (χ3n) is 16.1. The molecule has 0 amide bonds. The number of aromatic nitrogens is 1. The molecule has 7 heteroatoms. The lowest BCUT2D eigenvalue weighted by atomic mass is 9.67. The minimum absolute atomic E-state index is 0.633. The maximum absolute atomic E-state index is 7.33. The summed E-state index contributed by atoms with van der Waals surface area (Å²) in [5, 5.41) is 9.34. The van der Waals surface area contributed by atoms with Crippen LogP contribution in [0.3, 0.4) is 0 Å². The van der Waals surface area contributed by atoms with Crippen molar-refractivity contribution in [2.75, 3.05) is 9.80 Å². The lowest BCUT2D eigenvalue weighted by Gasteiger charge is -2.36. The number of rotatable bonds is 10. The molecule has 372 valence electrons. The third-order valence-corrected chi connectivity index (χ3v) is 20.2. The van der Waals surface area contributed by atoms with Gasteiger partial charge in [-0.05, 0) is 118 Å². The summed E-state index contributed by atoms with van der Waals surface area (Å²) < 4.78 is 13.9. The average molecular weight is 1030 g/mol. The van der Waals surface area contributed by atoms with Crippen LogP contribution in [0.4, 0.5) is 34.1 Å². The minimum atomic E-state index is -1.65. The van der Waals surface area contributed by atoms with E-state index in [0.29, 0.717) is 5.71 Å². The molecule has 3 heterocycles. The van der Waals surface area contributed by atoms with Crippen molar-refractivity contribution in [1.82, 2.24) is 4.98 Å². The molecule has 5 nitrogen and oxygen atoms in total. The quantitative estimate of drug-likeness (QED) is 0.128. The second kappa shape index (κ2) is 17.7. The first-order chi connectivity index (χ1) is 37.5. The highest BCUT2D eigenvalue weighted by Crippen LogP contribution is 2.63. The predicted molar refractivity (Wildman–Crippen MR) is 329 cm³/mol. The molecule has 14 rings (SSSR count). The van der Waals surface area contributed by atoms with Crippen LogP contribution in [0.15, 0.2) is 246 Å².